The fourth-order valence-electron chi connectivity index (χ4n) is 2.47. The number of nitrogens with two attached hydrogens (primary N) is 1. The number of anilines is 2. The average Bonchev–Trinajstić information content (AvgIpc) is 2.38. The minimum atomic E-state index is 0.841. The number of benzene rings is 1. The van der Waals surface area contributed by atoms with Crippen molar-refractivity contribution in [2.24, 2.45) is 0 Å². The first-order valence-corrected chi connectivity index (χ1v) is 6.27. The zero-order chi connectivity index (χ0) is 12.5. The van der Waals surface area contributed by atoms with Crippen LogP contribution >= 0.6 is 0 Å². The van der Waals surface area contributed by atoms with Crippen LogP contribution in [0.3, 0.4) is 0 Å². The van der Waals surface area contributed by atoms with Crippen molar-refractivity contribution in [1.29, 1.82) is 0 Å². The highest BCUT2D eigenvalue weighted by Gasteiger charge is 2.17. The fourth-order valence-corrected chi connectivity index (χ4v) is 2.47. The molecular formula is C15H17N3. The van der Waals surface area contributed by atoms with Gasteiger partial charge < -0.3 is 10.6 Å². The van der Waals surface area contributed by atoms with Gasteiger partial charge in [-0.3, -0.25) is 0 Å². The molecule has 3 nitrogen and oxygen atoms in total. The lowest BCUT2D eigenvalue weighted by molar-refractivity contribution is 0.721. The lowest BCUT2D eigenvalue weighted by atomic mass is 9.99. The molecule has 0 amide bonds. The zero-order valence-electron chi connectivity index (χ0n) is 10.6. The highest BCUT2D eigenvalue weighted by atomic mass is 15.2. The molecule has 0 saturated carbocycles. The fraction of sp³-hybridized carbons (Fsp3) is 0.267. The highest BCUT2D eigenvalue weighted by molar-refractivity contribution is 5.50. The molecule has 0 unspecified atom stereocenters. The number of rotatable bonds is 1. The standard InChI is InChI=1S/C15H17N3/c1-11-4-6-17-15(8-11)18-7-5-12-2-3-14(16)9-13(12)10-18/h2-4,6,8-9H,5,7,10,16H2,1H3. The van der Waals surface area contributed by atoms with Gasteiger partial charge >= 0.3 is 0 Å². The molecule has 1 aromatic heterocycles. The van der Waals surface area contributed by atoms with E-state index in [4.69, 9.17) is 5.73 Å². The molecule has 0 fully saturated rings. The summed E-state index contributed by atoms with van der Waals surface area (Å²) in [6.07, 6.45) is 2.94. The van der Waals surface area contributed by atoms with E-state index in [2.05, 4.69) is 35.0 Å². The third-order valence-corrected chi connectivity index (χ3v) is 3.47. The van der Waals surface area contributed by atoms with E-state index in [-0.39, 0.29) is 0 Å². The maximum Gasteiger partial charge on any atom is 0.129 e. The molecule has 3 heteroatoms. The second kappa shape index (κ2) is 4.33. The van der Waals surface area contributed by atoms with E-state index in [9.17, 15) is 0 Å². The van der Waals surface area contributed by atoms with E-state index in [1.165, 1.54) is 16.7 Å². The molecular weight excluding hydrogens is 222 g/mol. The summed E-state index contributed by atoms with van der Waals surface area (Å²) in [7, 11) is 0. The second-order valence-electron chi connectivity index (χ2n) is 4.89. The Balaban J connectivity index is 1.90. The summed E-state index contributed by atoms with van der Waals surface area (Å²) in [6.45, 7) is 4.02. The largest absolute Gasteiger partial charge is 0.399 e. The topological polar surface area (TPSA) is 42.2 Å². The first kappa shape index (κ1) is 11.1. The quantitative estimate of drug-likeness (QED) is 0.778. The van der Waals surface area contributed by atoms with Gasteiger partial charge in [0.05, 0.1) is 0 Å². The van der Waals surface area contributed by atoms with Crippen LogP contribution < -0.4 is 10.6 Å². The summed E-state index contributed by atoms with van der Waals surface area (Å²) in [5.74, 6) is 1.06. The Labute approximate surface area is 107 Å². The number of hydrogen-bond acceptors (Lipinski definition) is 3. The third-order valence-electron chi connectivity index (χ3n) is 3.47. The van der Waals surface area contributed by atoms with Gasteiger partial charge in [0, 0.05) is 25.0 Å². The number of pyridine rings is 1. The number of fused-ring (bicyclic) bond motifs is 1. The molecule has 2 aromatic rings. The van der Waals surface area contributed by atoms with Crippen LogP contribution in [-0.4, -0.2) is 11.5 Å². The van der Waals surface area contributed by atoms with Crippen LogP contribution in [0.15, 0.2) is 36.5 Å². The molecule has 0 aliphatic carbocycles. The van der Waals surface area contributed by atoms with Crippen LogP contribution in [-0.2, 0) is 13.0 Å². The summed E-state index contributed by atoms with van der Waals surface area (Å²) in [5, 5.41) is 0. The Morgan fingerprint density at radius 1 is 1.17 bits per heavy atom. The van der Waals surface area contributed by atoms with Crippen LogP contribution in [0.25, 0.3) is 0 Å². The van der Waals surface area contributed by atoms with Gasteiger partial charge in [-0.15, -0.1) is 0 Å². The molecule has 2 N–H and O–H groups in total. The molecule has 1 aliphatic rings. The Bertz CT molecular complexity index is 578. The first-order valence-electron chi connectivity index (χ1n) is 6.27. The predicted octanol–water partition coefficient (Wildman–Crippen LogP) is 2.53. The minimum Gasteiger partial charge on any atom is -0.399 e. The van der Waals surface area contributed by atoms with Crippen molar-refractivity contribution >= 4 is 11.5 Å². The number of hydrogen-bond donors (Lipinski definition) is 1. The van der Waals surface area contributed by atoms with Crippen molar-refractivity contribution < 1.29 is 0 Å². The van der Waals surface area contributed by atoms with Crippen LogP contribution in [0.1, 0.15) is 16.7 Å². The van der Waals surface area contributed by atoms with Gasteiger partial charge in [-0.2, -0.15) is 0 Å². The summed E-state index contributed by atoms with van der Waals surface area (Å²) < 4.78 is 0. The normalized spacial score (nSPS) is 14.4. The van der Waals surface area contributed by atoms with E-state index in [1.807, 2.05) is 18.3 Å². The monoisotopic (exact) mass is 239 g/mol. The van der Waals surface area contributed by atoms with E-state index in [1.54, 1.807) is 0 Å². The van der Waals surface area contributed by atoms with Gasteiger partial charge in [-0.05, 0) is 54.3 Å². The third kappa shape index (κ3) is 2.04. The first-order chi connectivity index (χ1) is 8.72. The summed E-state index contributed by atoms with van der Waals surface area (Å²) >= 11 is 0. The van der Waals surface area contributed by atoms with Crippen molar-refractivity contribution in [3.8, 4) is 0 Å². The molecule has 1 aromatic carbocycles. The molecule has 18 heavy (non-hydrogen) atoms. The van der Waals surface area contributed by atoms with Crippen LogP contribution in [0.4, 0.5) is 11.5 Å². The van der Waals surface area contributed by atoms with Crippen LogP contribution in [0, 0.1) is 6.92 Å². The van der Waals surface area contributed by atoms with Crippen molar-refractivity contribution in [3.63, 3.8) is 0 Å². The molecule has 0 bridgehead atoms. The Kier molecular flexibility index (Phi) is 2.67. The molecule has 2 heterocycles. The molecule has 92 valence electrons. The van der Waals surface area contributed by atoms with Crippen molar-refractivity contribution in [2.75, 3.05) is 17.2 Å². The maximum absolute atomic E-state index is 5.86. The van der Waals surface area contributed by atoms with Gasteiger partial charge in [0.2, 0.25) is 0 Å². The Morgan fingerprint density at radius 2 is 2.06 bits per heavy atom. The van der Waals surface area contributed by atoms with Gasteiger partial charge in [0.25, 0.3) is 0 Å². The average molecular weight is 239 g/mol. The zero-order valence-corrected chi connectivity index (χ0v) is 10.6. The number of aromatic nitrogens is 1. The van der Waals surface area contributed by atoms with Gasteiger partial charge in [-0.25, -0.2) is 4.98 Å². The molecule has 0 saturated heterocycles. The Hall–Kier alpha value is -2.03. The molecule has 3 rings (SSSR count). The second-order valence-corrected chi connectivity index (χ2v) is 4.89. The number of aryl methyl sites for hydroxylation is 1. The van der Waals surface area contributed by atoms with Crippen molar-refractivity contribution in [3.05, 3.63) is 53.2 Å². The van der Waals surface area contributed by atoms with E-state index >= 15 is 0 Å². The van der Waals surface area contributed by atoms with E-state index < -0.39 is 0 Å². The smallest absolute Gasteiger partial charge is 0.129 e. The highest BCUT2D eigenvalue weighted by Crippen LogP contribution is 2.24. The number of nitrogen functional groups attached to an aromatic ring is 1. The predicted molar refractivity (Wildman–Crippen MR) is 74.6 cm³/mol. The van der Waals surface area contributed by atoms with Crippen molar-refractivity contribution in [2.45, 2.75) is 19.9 Å². The summed E-state index contributed by atoms with van der Waals surface area (Å²) in [6, 6.07) is 10.4. The van der Waals surface area contributed by atoms with Gasteiger partial charge in [0.1, 0.15) is 5.82 Å². The summed E-state index contributed by atoms with van der Waals surface area (Å²) in [5.41, 5.74) is 10.7. The van der Waals surface area contributed by atoms with E-state index in [0.29, 0.717) is 0 Å². The number of nitrogens with zero attached hydrogens (tertiary/aromatic N) is 2. The lowest BCUT2D eigenvalue weighted by Gasteiger charge is -2.30. The summed E-state index contributed by atoms with van der Waals surface area (Å²) in [4.78, 5) is 6.77. The molecule has 1 aliphatic heterocycles. The Morgan fingerprint density at radius 3 is 2.89 bits per heavy atom. The van der Waals surface area contributed by atoms with Gasteiger partial charge in [0.15, 0.2) is 0 Å². The molecule has 0 radical (unpaired) electrons. The maximum atomic E-state index is 5.86. The van der Waals surface area contributed by atoms with E-state index in [0.717, 1.165) is 31.0 Å². The SMILES string of the molecule is Cc1ccnc(N2CCc3ccc(N)cc3C2)c1. The molecule has 0 atom stereocenters. The minimum absolute atomic E-state index is 0.841. The van der Waals surface area contributed by atoms with Crippen LogP contribution in [0.2, 0.25) is 0 Å². The van der Waals surface area contributed by atoms with Crippen LogP contribution in [0.5, 0.6) is 0 Å². The molecule has 0 spiro atoms. The lowest BCUT2D eigenvalue weighted by Crippen LogP contribution is -2.31. The van der Waals surface area contributed by atoms with Gasteiger partial charge in [-0.1, -0.05) is 6.07 Å². The van der Waals surface area contributed by atoms with Crippen molar-refractivity contribution in [1.82, 2.24) is 4.98 Å².